The Hall–Kier alpha value is -1.66. The predicted molar refractivity (Wildman–Crippen MR) is 94.1 cm³/mol. The molecule has 3 N–H and O–H groups in total. The molecule has 0 radical (unpaired) electrons. The number of piperidine rings is 1. The number of carbonyl (C=O) groups excluding carboxylic acids is 2. The van der Waals surface area contributed by atoms with E-state index in [0.717, 1.165) is 19.4 Å². The van der Waals surface area contributed by atoms with Crippen molar-refractivity contribution < 1.29 is 9.59 Å². The highest BCUT2D eigenvalue weighted by molar-refractivity contribution is 6.02. The Labute approximate surface area is 147 Å². The molecule has 1 atom stereocenters. The van der Waals surface area contributed by atoms with Gasteiger partial charge >= 0.3 is 0 Å². The van der Waals surface area contributed by atoms with Crippen molar-refractivity contribution in [2.24, 2.45) is 5.41 Å². The second-order valence-corrected chi connectivity index (χ2v) is 7.36. The topological polar surface area (TPSA) is 91.1 Å². The fourth-order valence-electron chi connectivity index (χ4n) is 3.43. The summed E-state index contributed by atoms with van der Waals surface area (Å²) in [5.41, 5.74) is 0.575. The first-order chi connectivity index (χ1) is 10.9. The van der Waals surface area contributed by atoms with Gasteiger partial charge in [-0.3, -0.25) is 14.4 Å². The summed E-state index contributed by atoms with van der Waals surface area (Å²) in [6.07, 6.45) is 2.96. The van der Waals surface area contributed by atoms with E-state index in [2.05, 4.69) is 15.6 Å². The van der Waals surface area contributed by atoms with E-state index < -0.39 is 11.5 Å². The molecule has 7 heteroatoms. The SMILES string of the molecule is CC1(C)CC(=O)c2cc(C(=O)NC3CCCNC3)c(=O)[nH]c2C1.Cl. The number of rotatable bonds is 2. The number of amides is 1. The van der Waals surface area contributed by atoms with Gasteiger partial charge in [-0.1, -0.05) is 13.8 Å². The molecule has 2 heterocycles. The summed E-state index contributed by atoms with van der Waals surface area (Å²) in [6, 6.07) is 1.50. The molecule has 24 heavy (non-hydrogen) atoms. The summed E-state index contributed by atoms with van der Waals surface area (Å²) in [7, 11) is 0. The lowest BCUT2D eigenvalue weighted by Crippen LogP contribution is -2.46. The Kier molecular flexibility index (Phi) is 5.50. The fraction of sp³-hybridized carbons (Fsp3) is 0.588. The Morgan fingerprint density at radius 3 is 2.71 bits per heavy atom. The van der Waals surface area contributed by atoms with E-state index in [9.17, 15) is 14.4 Å². The Morgan fingerprint density at radius 2 is 2.04 bits per heavy atom. The van der Waals surface area contributed by atoms with Gasteiger partial charge in [0.25, 0.3) is 11.5 Å². The van der Waals surface area contributed by atoms with Crippen LogP contribution in [0.5, 0.6) is 0 Å². The number of hydrogen-bond donors (Lipinski definition) is 3. The molecule has 0 bridgehead atoms. The lowest BCUT2D eigenvalue weighted by Gasteiger charge is -2.30. The standard InChI is InChI=1S/C17H23N3O3.ClH/c1-17(2)7-13-11(14(21)8-17)6-12(16(23)20-13)15(22)19-10-4-3-5-18-9-10;/h6,10,18H,3-5,7-9H2,1-2H3,(H,19,22)(H,20,23);1H. The average molecular weight is 354 g/mol. The zero-order valence-electron chi connectivity index (χ0n) is 14.0. The van der Waals surface area contributed by atoms with Gasteiger partial charge in [-0.05, 0) is 37.3 Å². The maximum atomic E-state index is 12.4. The van der Waals surface area contributed by atoms with Gasteiger partial charge in [0.05, 0.1) is 0 Å². The molecule has 2 aliphatic rings. The van der Waals surface area contributed by atoms with Crippen molar-refractivity contribution in [1.29, 1.82) is 0 Å². The molecule has 3 rings (SSSR count). The maximum absolute atomic E-state index is 12.4. The minimum atomic E-state index is -0.421. The van der Waals surface area contributed by atoms with Crippen molar-refractivity contribution in [2.75, 3.05) is 13.1 Å². The van der Waals surface area contributed by atoms with Crippen molar-refractivity contribution in [2.45, 2.75) is 45.6 Å². The number of Topliss-reactive ketones (excluding diaryl/α,β-unsaturated/α-hetero) is 1. The van der Waals surface area contributed by atoms with Gasteiger partial charge in [0.15, 0.2) is 5.78 Å². The third-order valence-electron chi connectivity index (χ3n) is 4.59. The van der Waals surface area contributed by atoms with E-state index in [1.54, 1.807) is 0 Å². The summed E-state index contributed by atoms with van der Waals surface area (Å²) >= 11 is 0. The van der Waals surface area contributed by atoms with Crippen LogP contribution in [0, 0.1) is 5.41 Å². The van der Waals surface area contributed by atoms with Gasteiger partial charge in [-0.15, -0.1) is 12.4 Å². The van der Waals surface area contributed by atoms with E-state index in [1.807, 2.05) is 13.8 Å². The zero-order valence-corrected chi connectivity index (χ0v) is 14.8. The van der Waals surface area contributed by atoms with Crippen LogP contribution in [0.4, 0.5) is 0 Å². The van der Waals surface area contributed by atoms with Crippen LogP contribution in [0.1, 0.15) is 59.5 Å². The van der Waals surface area contributed by atoms with Crippen LogP contribution < -0.4 is 16.2 Å². The van der Waals surface area contributed by atoms with E-state index >= 15 is 0 Å². The lowest BCUT2D eigenvalue weighted by atomic mass is 9.75. The summed E-state index contributed by atoms with van der Waals surface area (Å²) in [5.74, 6) is -0.415. The van der Waals surface area contributed by atoms with E-state index in [1.165, 1.54) is 6.07 Å². The summed E-state index contributed by atoms with van der Waals surface area (Å²) in [5, 5.41) is 6.10. The molecule has 1 saturated heterocycles. The van der Waals surface area contributed by atoms with Crippen LogP contribution >= 0.6 is 12.4 Å². The molecule has 1 amide bonds. The van der Waals surface area contributed by atoms with Gasteiger partial charge in [-0.2, -0.15) is 0 Å². The van der Waals surface area contributed by atoms with Crippen molar-refractivity contribution in [3.8, 4) is 0 Å². The van der Waals surface area contributed by atoms with Gasteiger partial charge in [0.2, 0.25) is 0 Å². The average Bonchev–Trinajstić information content (AvgIpc) is 2.46. The third kappa shape index (κ3) is 3.87. The van der Waals surface area contributed by atoms with Crippen molar-refractivity contribution in [1.82, 2.24) is 15.6 Å². The van der Waals surface area contributed by atoms with Crippen molar-refractivity contribution in [3.63, 3.8) is 0 Å². The van der Waals surface area contributed by atoms with Gasteiger partial charge in [0, 0.05) is 30.3 Å². The molecule has 1 unspecified atom stereocenters. The molecule has 1 aliphatic carbocycles. The molecule has 0 saturated carbocycles. The van der Waals surface area contributed by atoms with Crippen molar-refractivity contribution >= 4 is 24.1 Å². The third-order valence-corrected chi connectivity index (χ3v) is 4.59. The van der Waals surface area contributed by atoms with E-state index in [-0.39, 0.29) is 35.2 Å². The van der Waals surface area contributed by atoms with Crippen LogP contribution in [0.15, 0.2) is 10.9 Å². The smallest absolute Gasteiger partial charge is 0.261 e. The number of aromatic amines is 1. The van der Waals surface area contributed by atoms with E-state index in [4.69, 9.17) is 0 Å². The quantitative estimate of drug-likeness (QED) is 0.750. The summed E-state index contributed by atoms with van der Waals surface area (Å²) in [6.45, 7) is 5.67. The van der Waals surface area contributed by atoms with Crippen LogP contribution in [0.2, 0.25) is 0 Å². The highest BCUT2D eigenvalue weighted by atomic mass is 35.5. The normalized spacial score (nSPS) is 22.2. The largest absolute Gasteiger partial charge is 0.348 e. The number of hydrogen-bond acceptors (Lipinski definition) is 4. The zero-order chi connectivity index (χ0) is 16.6. The predicted octanol–water partition coefficient (Wildman–Crippen LogP) is 1.43. The summed E-state index contributed by atoms with van der Waals surface area (Å²) < 4.78 is 0. The van der Waals surface area contributed by atoms with Crippen LogP contribution in [0.3, 0.4) is 0 Å². The Bertz CT molecular complexity index is 706. The highest BCUT2D eigenvalue weighted by Crippen LogP contribution is 2.33. The van der Waals surface area contributed by atoms with Gasteiger partial charge in [0.1, 0.15) is 5.56 Å². The van der Waals surface area contributed by atoms with Crippen LogP contribution in [-0.2, 0) is 6.42 Å². The van der Waals surface area contributed by atoms with Gasteiger partial charge < -0.3 is 15.6 Å². The number of H-pyrrole nitrogens is 1. The number of nitrogens with one attached hydrogen (secondary N) is 3. The van der Waals surface area contributed by atoms with Gasteiger partial charge in [-0.25, -0.2) is 0 Å². The molecule has 1 aromatic heterocycles. The molecule has 6 nitrogen and oxygen atoms in total. The Morgan fingerprint density at radius 1 is 1.29 bits per heavy atom. The molecule has 132 valence electrons. The van der Waals surface area contributed by atoms with E-state index in [0.29, 0.717) is 30.6 Å². The number of pyridine rings is 1. The minimum Gasteiger partial charge on any atom is -0.348 e. The van der Waals surface area contributed by atoms with Crippen LogP contribution in [-0.4, -0.2) is 35.8 Å². The molecular weight excluding hydrogens is 330 g/mol. The monoisotopic (exact) mass is 353 g/mol. The highest BCUT2D eigenvalue weighted by Gasteiger charge is 2.32. The second kappa shape index (κ2) is 7.07. The van der Waals surface area contributed by atoms with Crippen LogP contribution in [0.25, 0.3) is 0 Å². The molecular formula is C17H24ClN3O3. The van der Waals surface area contributed by atoms with Crippen molar-refractivity contribution in [3.05, 3.63) is 33.2 Å². The molecule has 1 aromatic rings. The number of fused-ring (bicyclic) bond motifs is 1. The first-order valence-electron chi connectivity index (χ1n) is 8.17. The molecule has 1 aliphatic heterocycles. The molecule has 0 spiro atoms. The fourth-order valence-corrected chi connectivity index (χ4v) is 3.43. The number of ketones is 1. The Balaban J connectivity index is 0.00000208. The number of aromatic nitrogens is 1. The molecule has 1 fully saturated rings. The lowest BCUT2D eigenvalue weighted by molar-refractivity contribution is 0.0910. The maximum Gasteiger partial charge on any atom is 0.261 e. The molecule has 0 aromatic carbocycles. The first kappa shape index (κ1) is 18.7. The number of halogens is 1. The number of carbonyl (C=O) groups is 2. The second-order valence-electron chi connectivity index (χ2n) is 7.36. The first-order valence-corrected chi connectivity index (χ1v) is 8.17. The summed E-state index contributed by atoms with van der Waals surface area (Å²) in [4.78, 5) is 39.7. The minimum absolute atomic E-state index is 0.